The predicted molar refractivity (Wildman–Crippen MR) is 92.2 cm³/mol. The molecule has 6 heteroatoms. The minimum atomic E-state index is 0.604. The summed E-state index contributed by atoms with van der Waals surface area (Å²) in [5.74, 6) is 1.44. The molecular weight excluding hydrogens is 290 g/mol. The molecule has 0 unspecified atom stereocenters. The van der Waals surface area contributed by atoms with E-state index in [2.05, 4.69) is 44.6 Å². The Morgan fingerprint density at radius 1 is 1.22 bits per heavy atom. The molecule has 1 fully saturated rings. The van der Waals surface area contributed by atoms with Gasteiger partial charge in [-0.2, -0.15) is 4.98 Å². The molecule has 6 nitrogen and oxygen atoms in total. The Hall–Kier alpha value is -2.18. The van der Waals surface area contributed by atoms with Crippen molar-refractivity contribution >= 4 is 17.5 Å². The Morgan fingerprint density at radius 2 is 2.09 bits per heavy atom. The normalized spacial score (nSPS) is 15.3. The van der Waals surface area contributed by atoms with Crippen molar-refractivity contribution in [2.45, 2.75) is 6.92 Å². The van der Waals surface area contributed by atoms with Crippen LogP contribution in [0.25, 0.3) is 0 Å². The molecule has 0 amide bonds. The largest absolute Gasteiger partial charge is 0.379 e. The highest BCUT2D eigenvalue weighted by Gasteiger charge is 2.09. The molecule has 0 atom stereocenters. The summed E-state index contributed by atoms with van der Waals surface area (Å²) in [7, 11) is 0. The maximum Gasteiger partial charge on any atom is 0.229 e. The van der Waals surface area contributed by atoms with Crippen LogP contribution >= 0.6 is 0 Å². The maximum absolute atomic E-state index is 5.35. The summed E-state index contributed by atoms with van der Waals surface area (Å²) in [5.41, 5.74) is 2.20. The van der Waals surface area contributed by atoms with E-state index in [4.69, 9.17) is 4.74 Å². The number of hydrogen-bond acceptors (Lipinski definition) is 6. The second-order valence-electron chi connectivity index (χ2n) is 5.64. The molecule has 1 aliphatic heterocycles. The second-order valence-corrected chi connectivity index (χ2v) is 5.64. The number of benzene rings is 1. The molecule has 1 saturated heterocycles. The molecule has 1 aliphatic rings. The van der Waals surface area contributed by atoms with Gasteiger partial charge in [-0.25, -0.2) is 4.98 Å². The van der Waals surface area contributed by atoms with Gasteiger partial charge in [-0.3, -0.25) is 4.90 Å². The third kappa shape index (κ3) is 4.91. The van der Waals surface area contributed by atoms with Crippen molar-refractivity contribution in [1.82, 2.24) is 14.9 Å². The summed E-state index contributed by atoms with van der Waals surface area (Å²) in [6.45, 7) is 7.60. The van der Waals surface area contributed by atoms with Crippen molar-refractivity contribution in [3.05, 3.63) is 42.1 Å². The molecule has 3 rings (SSSR count). The molecule has 1 aromatic carbocycles. The predicted octanol–water partition coefficient (Wildman–Crippen LogP) is 2.27. The number of anilines is 3. The molecule has 122 valence electrons. The van der Waals surface area contributed by atoms with Gasteiger partial charge in [-0.05, 0) is 30.7 Å². The number of hydrogen-bond donors (Lipinski definition) is 2. The van der Waals surface area contributed by atoms with Gasteiger partial charge in [-0.1, -0.05) is 12.1 Å². The molecule has 0 aliphatic carbocycles. The van der Waals surface area contributed by atoms with Crippen molar-refractivity contribution in [3.63, 3.8) is 0 Å². The minimum absolute atomic E-state index is 0.604. The van der Waals surface area contributed by atoms with E-state index >= 15 is 0 Å². The van der Waals surface area contributed by atoms with Crippen molar-refractivity contribution in [1.29, 1.82) is 0 Å². The van der Waals surface area contributed by atoms with Crippen LogP contribution in [-0.4, -0.2) is 54.3 Å². The molecule has 2 heterocycles. The zero-order valence-corrected chi connectivity index (χ0v) is 13.5. The molecular formula is C17H23N5O. The van der Waals surface area contributed by atoms with Crippen LogP contribution in [0, 0.1) is 6.92 Å². The highest BCUT2D eigenvalue weighted by atomic mass is 16.5. The standard InChI is InChI=1S/C17H23N5O/c1-14-3-2-4-15(13-14)20-17-19-6-5-16(21-17)18-7-8-22-9-11-23-12-10-22/h2-6,13H,7-12H2,1H3,(H2,18,19,20,21). The summed E-state index contributed by atoms with van der Waals surface area (Å²) >= 11 is 0. The Kier molecular flexibility index (Phi) is 5.39. The Labute approximate surface area is 136 Å². The highest BCUT2D eigenvalue weighted by molar-refractivity contribution is 5.55. The van der Waals surface area contributed by atoms with E-state index in [0.717, 1.165) is 50.9 Å². The first-order valence-corrected chi connectivity index (χ1v) is 8.00. The molecule has 0 spiro atoms. The molecule has 1 aromatic heterocycles. The lowest BCUT2D eigenvalue weighted by Gasteiger charge is -2.26. The summed E-state index contributed by atoms with van der Waals surface area (Å²) in [4.78, 5) is 11.2. The first-order valence-electron chi connectivity index (χ1n) is 8.00. The smallest absolute Gasteiger partial charge is 0.229 e. The Balaban J connectivity index is 1.52. The van der Waals surface area contributed by atoms with E-state index in [0.29, 0.717) is 5.95 Å². The van der Waals surface area contributed by atoms with Crippen LogP contribution in [0.2, 0.25) is 0 Å². The van der Waals surface area contributed by atoms with Crippen LogP contribution in [0.5, 0.6) is 0 Å². The van der Waals surface area contributed by atoms with Gasteiger partial charge in [0.1, 0.15) is 5.82 Å². The highest BCUT2D eigenvalue weighted by Crippen LogP contribution is 2.15. The van der Waals surface area contributed by atoms with E-state index in [-0.39, 0.29) is 0 Å². The molecule has 0 saturated carbocycles. The number of nitrogens with one attached hydrogen (secondary N) is 2. The molecule has 0 bridgehead atoms. The van der Waals surface area contributed by atoms with Crippen LogP contribution in [0.15, 0.2) is 36.5 Å². The summed E-state index contributed by atoms with van der Waals surface area (Å²) < 4.78 is 5.35. The van der Waals surface area contributed by atoms with Crippen LogP contribution in [0.1, 0.15) is 5.56 Å². The van der Waals surface area contributed by atoms with Gasteiger partial charge in [0.05, 0.1) is 13.2 Å². The van der Waals surface area contributed by atoms with Crippen LogP contribution < -0.4 is 10.6 Å². The zero-order valence-electron chi connectivity index (χ0n) is 13.5. The quantitative estimate of drug-likeness (QED) is 0.853. The van der Waals surface area contributed by atoms with Gasteiger partial charge in [0.2, 0.25) is 5.95 Å². The number of ether oxygens (including phenoxy) is 1. The van der Waals surface area contributed by atoms with Crippen molar-refractivity contribution in [2.24, 2.45) is 0 Å². The fourth-order valence-corrected chi connectivity index (χ4v) is 2.54. The van der Waals surface area contributed by atoms with Gasteiger partial charge >= 0.3 is 0 Å². The van der Waals surface area contributed by atoms with Gasteiger partial charge in [-0.15, -0.1) is 0 Å². The van der Waals surface area contributed by atoms with E-state index in [1.54, 1.807) is 6.20 Å². The molecule has 23 heavy (non-hydrogen) atoms. The summed E-state index contributed by atoms with van der Waals surface area (Å²) in [6, 6.07) is 10.1. The number of morpholine rings is 1. The van der Waals surface area contributed by atoms with Gasteiger partial charge in [0.25, 0.3) is 0 Å². The molecule has 0 radical (unpaired) electrons. The van der Waals surface area contributed by atoms with Crippen LogP contribution in [0.3, 0.4) is 0 Å². The number of aryl methyl sites for hydroxylation is 1. The van der Waals surface area contributed by atoms with E-state index in [1.165, 1.54) is 5.56 Å². The Bertz CT molecular complexity index is 628. The average molecular weight is 313 g/mol. The molecule has 2 N–H and O–H groups in total. The third-order valence-corrected chi connectivity index (χ3v) is 3.77. The zero-order chi connectivity index (χ0) is 15.9. The lowest BCUT2D eigenvalue weighted by atomic mass is 10.2. The third-order valence-electron chi connectivity index (χ3n) is 3.77. The lowest BCUT2D eigenvalue weighted by Crippen LogP contribution is -2.39. The number of nitrogens with zero attached hydrogens (tertiary/aromatic N) is 3. The average Bonchev–Trinajstić information content (AvgIpc) is 2.56. The van der Waals surface area contributed by atoms with E-state index in [1.807, 2.05) is 18.2 Å². The number of rotatable bonds is 6. The monoisotopic (exact) mass is 313 g/mol. The topological polar surface area (TPSA) is 62.3 Å². The van der Waals surface area contributed by atoms with Crippen molar-refractivity contribution in [3.8, 4) is 0 Å². The van der Waals surface area contributed by atoms with E-state index in [9.17, 15) is 0 Å². The fraction of sp³-hybridized carbons (Fsp3) is 0.412. The second kappa shape index (κ2) is 7.89. The number of aromatic nitrogens is 2. The van der Waals surface area contributed by atoms with Gasteiger partial charge in [0.15, 0.2) is 0 Å². The molecule has 2 aromatic rings. The summed E-state index contributed by atoms with van der Waals surface area (Å²) in [6.07, 6.45) is 1.77. The van der Waals surface area contributed by atoms with Gasteiger partial charge < -0.3 is 15.4 Å². The van der Waals surface area contributed by atoms with Gasteiger partial charge in [0, 0.05) is 38.1 Å². The maximum atomic E-state index is 5.35. The minimum Gasteiger partial charge on any atom is -0.379 e. The summed E-state index contributed by atoms with van der Waals surface area (Å²) in [5, 5.41) is 6.59. The SMILES string of the molecule is Cc1cccc(Nc2nccc(NCCN3CCOCC3)n2)c1. The van der Waals surface area contributed by atoms with Crippen molar-refractivity contribution < 1.29 is 4.74 Å². The van der Waals surface area contributed by atoms with Crippen molar-refractivity contribution in [2.75, 3.05) is 50.0 Å². The Morgan fingerprint density at radius 3 is 2.91 bits per heavy atom. The first-order chi connectivity index (χ1) is 11.3. The van der Waals surface area contributed by atoms with Crippen LogP contribution in [-0.2, 0) is 4.74 Å². The van der Waals surface area contributed by atoms with Crippen LogP contribution in [0.4, 0.5) is 17.5 Å². The van der Waals surface area contributed by atoms with E-state index < -0.39 is 0 Å². The fourth-order valence-electron chi connectivity index (χ4n) is 2.54. The lowest BCUT2D eigenvalue weighted by molar-refractivity contribution is 0.0398. The first kappa shape index (κ1) is 15.7.